The number of alkyl halides is 3. The maximum atomic E-state index is 12.2. The fourth-order valence-corrected chi connectivity index (χ4v) is 26.2. The van der Waals surface area contributed by atoms with Crippen LogP contribution < -0.4 is 23.7 Å². The molecule has 19 aromatic rings. The molecule has 11 aliphatic rings. The molecule has 0 atom stereocenters. The van der Waals surface area contributed by atoms with Gasteiger partial charge in [0, 0.05) is 138 Å². The maximum Gasteiger partial charge on any atom is 0.416 e. The number of halogens is 4. The first-order chi connectivity index (χ1) is 69.5. The minimum Gasteiger partial charge on any atom is -0.485 e. The van der Waals surface area contributed by atoms with Gasteiger partial charge in [0.1, 0.15) is 28.4 Å². The number of hydrogen-bond donors (Lipinski definition) is 0. The number of Topliss-reactive ketones (excluding diaryl/α,β-unsaturated/α-hetero) is 10. The summed E-state index contributed by atoms with van der Waals surface area (Å²) < 4.78 is 72.6. The van der Waals surface area contributed by atoms with E-state index in [1.54, 1.807) is 130 Å². The predicted octanol–water partition coefficient (Wildman–Crippen LogP) is 28.9. The number of hydrogen-bond acceptors (Lipinski definition) is 24. The van der Waals surface area contributed by atoms with Crippen molar-refractivity contribution in [2.75, 3.05) is 66.9 Å². The Hall–Kier alpha value is -13.7. The predicted molar refractivity (Wildman–Crippen MR) is 567 cm³/mol. The maximum absolute atomic E-state index is 12.2. The van der Waals surface area contributed by atoms with Crippen LogP contribution in [0.4, 0.5) is 13.2 Å². The summed E-state index contributed by atoms with van der Waals surface area (Å²) in [6.07, 6.45) is -4.42. The van der Waals surface area contributed by atoms with Crippen LogP contribution in [0.3, 0.4) is 0 Å². The van der Waals surface area contributed by atoms with E-state index in [0.29, 0.717) is 73.7 Å². The average Bonchev–Trinajstić information content (AvgIpc) is 1.59. The zero-order chi connectivity index (χ0) is 98.4. The van der Waals surface area contributed by atoms with Crippen LogP contribution in [0.15, 0.2) is 330 Å². The van der Waals surface area contributed by atoms with Crippen LogP contribution in [0.2, 0.25) is 5.02 Å². The lowest BCUT2D eigenvalue weighted by atomic mass is 10.0. The van der Waals surface area contributed by atoms with Crippen molar-refractivity contribution in [2.24, 2.45) is 0 Å². The number of rotatable bonds is 1. The van der Waals surface area contributed by atoms with Crippen molar-refractivity contribution in [3.63, 3.8) is 0 Å². The van der Waals surface area contributed by atoms with Crippen LogP contribution in [0.5, 0.6) is 28.7 Å². The highest BCUT2D eigenvalue weighted by Gasteiger charge is 2.35. The first-order valence-electron chi connectivity index (χ1n) is 45.1. The van der Waals surface area contributed by atoms with Gasteiger partial charge in [0.15, 0.2) is 71.8 Å². The van der Waals surface area contributed by atoms with Gasteiger partial charge in [0.2, 0.25) is 24.1 Å². The average molecular weight is 2060 g/mol. The molecule has 0 spiro atoms. The molecule has 17 nitrogen and oxygen atoms in total. The van der Waals surface area contributed by atoms with Crippen LogP contribution in [0.25, 0.3) is 96.2 Å². The van der Waals surface area contributed by atoms with E-state index in [4.69, 9.17) is 39.7 Å². The largest absolute Gasteiger partial charge is 0.485 e. The first kappa shape index (κ1) is 95.5. The normalized spacial score (nSPS) is 15.0. The van der Waals surface area contributed by atoms with Gasteiger partial charge in [-0.3, -0.25) is 47.9 Å². The van der Waals surface area contributed by atoms with E-state index in [1.807, 2.05) is 121 Å². The summed E-state index contributed by atoms with van der Waals surface area (Å²) in [5.74, 6) is 8.47. The number of ether oxygens (including phenoxy) is 5. The Morgan fingerprint density at radius 1 is 0.294 bits per heavy atom. The zero-order valence-corrected chi connectivity index (χ0v) is 82.7. The highest BCUT2D eigenvalue weighted by atomic mass is 35.5. The van der Waals surface area contributed by atoms with Crippen molar-refractivity contribution in [2.45, 2.75) is 53.9 Å². The molecule has 29 heteroatoms. The number of fused-ring (bicyclic) bond motifs is 25. The van der Waals surface area contributed by atoms with E-state index in [9.17, 15) is 61.1 Å². The Kier molecular flexibility index (Phi) is 27.4. The van der Waals surface area contributed by atoms with Gasteiger partial charge in [-0.05, 0) is 179 Å². The molecule has 0 N–H and O–H groups in total. The highest BCUT2D eigenvalue weighted by Crippen LogP contribution is 2.48. The van der Waals surface area contributed by atoms with Gasteiger partial charge in [0.25, 0.3) is 0 Å². The van der Waals surface area contributed by atoms with Crippen LogP contribution in [0, 0.1) is 0 Å². The number of benzene rings is 16. The van der Waals surface area contributed by atoms with E-state index >= 15 is 0 Å². The number of carbonyl (C=O) groups excluding carboxylic acids is 10. The smallest absolute Gasteiger partial charge is 0.416 e. The summed E-state index contributed by atoms with van der Waals surface area (Å²) in [5.41, 5.74) is 10.7. The lowest BCUT2D eigenvalue weighted by Crippen LogP contribution is -2.06. The van der Waals surface area contributed by atoms with E-state index in [-0.39, 0.29) is 90.0 Å². The van der Waals surface area contributed by atoms with Crippen LogP contribution in [-0.4, -0.2) is 129 Å². The van der Waals surface area contributed by atoms with E-state index < -0.39 is 17.5 Å². The fraction of sp³-hybridized carbons (Fsp3) is 0.123. The van der Waals surface area contributed by atoms with Crippen LogP contribution in [0.1, 0.15) is 116 Å². The molecule has 0 saturated heterocycles. The number of ketones is 10. The second-order valence-corrected chi connectivity index (χ2v) is 42.3. The van der Waals surface area contributed by atoms with Crippen molar-refractivity contribution in [1.82, 2.24) is 4.57 Å². The highest BCUT2D eigenvalue weighted by molar-refractivity contribution is 8.02. The molecule has 0 aliphatic carbocycles. The summed E-state index contributed by atoms with van der Waals surface area (Å²) in [7, 11) is 0. The molecule has 143 heavy (non-hydrogen) atoms. The first-order valence-corrected chi connectivity index (χ1v) is 53.2. The number of para-hydroxylation sites is 3. The molecule has 0 amide bonds. The molecule has 0 unspecified atom stereocenters. The standard InChI is InChI=1S/C16H13NOS.C14H8O2S.C14H8OS2.3C12H8OS.C9H5F3O2.C9H6O3S.C8H5ClO2.C8H6O2/c1-2-17-13-6-4-3-5-10(13)11-8-16-12(7-14(11)17)15(18)9-19-16;15-11-7-17-14-6-9-8-3-1-2-4-12(8)16-13(9)5-10(11)14;15-11-7-16-13-5-9-8-3-1-2-4-12(8)17-14(9)6-10(11)13;13-11-7-14-12-6-9-4-2-1-3-8(9)5-10(11)12;13-10-7-14-11-6-5-8-3-1-2-4-9(8)12(10)11;13-11-7-14-12-9-4-2-1-3-8(9)5-6-10(11)12;10-9(11,12)5-1-2-8-6(3-5)7(13)4-14-8;10-6-3-13-9-2-8-7(1-5(6)9)11-4-12-8;9-5-1-2-8-6(3-5)7(10)4-11-8;9-7-5-10-8-4-2-1-3-6(7)8/h3-8H,2,9H2,1H3;2*1-6H,7H2;3*1-6H,7H2;1-3H,4H2;1-2H,3-4H2;1-3H,4H2;1-4H,5H2. The molecule has 708 valence electrons. The van der Waals surface area contributed by atoms with E-state index in [0.717, 1.165) is 136 Å². The summed E-state index contributed by atoms with van der Waals surface area (Å²) in [4.78, 5) is 122. The van der Waals surface area contributed by atoms with Gasteiger partial charge in [0.05, 0.1) is 62.5 Å². The molecule has 30 rings (SSSR count). The Bertz CT molecular complexity index is 8450. The molecular formula is C114H75ClF3NO16S8. The molecule has 0 fully saturated rings. The second-order valence-electron chi connectivity index (χ2n) is 33.7. The number of carbonyl (C=O) groups is 10. The van der Waals surface area contributed by atoms with Crippen molar-refractivity contribution < 1.29 is 89.2 Å². The van der Waals surface area contributed by atoms with Crippen LogP contribution in [-0.2, 0) is 12.7 Å². The van der Waals surface area contributed by atoms with Gasteiger partial charge in [-0.15, -0.1) is 93.7 Å². The topological polar surface area (TPSA) is 235 Å². The number of furan rings is 1. The van der Waals surface area contributed by atoms with E-state index in [1.165, 1.54) is 64.2 Å². The molecule has 11 aliphatic heterocycles. The second kappa shape index (κ2) is 41.0. The Labute approximate surface area is 853 Å². The molecule has 0 radical (unpaired) electrons. The summed E-state index contributed by atoms with van der Waals surface area (Å²) in [6, 6.07) is 92.9. The van der Waals surface area contributed by atoms with Gasteiger partial charge < -0.3 is 32.7 Å². The number of thiophene rings is 1. The lowest BCUT2D eigenvalue weighted by molar-refractivity contribution is -0.137. The van der Waals surface area contributed by atoms with Gasteiger partial charge in [-0.25, -0.2) is 0 Å². The quantitative estimate of drug-likeness (QED) is 0.148. The Balaban J connectivity index is 0.0000000943. The minimum absolute atomic E-state index is 0.00231. The summed E-state index contributed by atoms with van der Waals surface area (Å²) >= 11 is 18.9. The van der Waals surface area contributed by atoms with Gasteiger partial charge in [-0.2, -0.15) is 13.2 Å². The minimum atomic E-state index is -4.42. The lowest BCUT2D eigenvalue weighted by Gasteiger charge is -2.06. The Morgan fingerprint density at radius 2 is 0.762 bits per heavy atom. The number of nitrogens with zero attached hydrogens (tertiary/aromatic N) is 1. The third kappa shape index (κ3) is 19.6. The summed E-state index contributed by atoms with van der Waals surface area (Å²) in [6.45, 7) is 3.52. The van der Waals surface area contributed by atoms with Gasteiger partial charge >= 0.3 is 6.18 Å². The van der Waals surface area contributed by atoms with E-state index in [2.05, 4.69) is 127 Å². The van der Waals surface area contributed by atoms with Crippen molar-refractivity contribution in [3.8, 4) is 28.7 Å². The molecule has 16 aromatic carbocycles. The number of aromatic nitrogens is 1. The van der Waals surface area contributed by atoms with Crippen molar-refractivity contribution >= 4 is 259 Å². The molecule has 0 bridgehead atoms. The molecule has 14 heterocycles. The number of thioether (sulfide) groups is 7. The molecule has 3 aromatic heterocycles. The zero-order valence-electron chi connectivity index (χ0n) is 75.5. The van der Waals surface area contributed by atoms with Gasteiger partial charge in [-0.1, -0.05) is 163 Å². The van der Waals surface area contributed by atoms with Crippen LogP contribution >= 0.6 is 105 Å². The molecule has 0 saturated carbocycles. The fourth-order valence-electron chi connectivity index (χ4n) is 17.9. The molecular weight excluding hydrogens is 1990 g/mol. The Morgan fingerprint density at radius 3 is 1.43 bits per heavy atom. The third-order valence-corrected chi connectivity index (χ3v) is 33.8. The monoisotopic (exact) mass is 2060 g/mol. The third-order valence-electron chi connectivity index (χ3n) is 24.9. The number of aryl methyl sites for hydroxylation is 1. The van der Waals surface area contributed by atoms with Crippen molar-refractivity contribution in [1.29, 1.82) is 0 Å². The van der Waals surface area contributed by atoms with Crippen molar-refractivity contribution in [3.05, 3.63) is 357 Å². The summed E-state index contributed by atoms with van der Waals surface area (Å²) in [5, 5.41) is 15.0. The SMILES string of the molecule is CCn1c2ccccc2c2cc3c(cc21)C(=O)CS3.O=C1COc2ccc(C(F)(F)F)cc21.O=C1COc2ccc(Cl)cc21.O=C1COc2ccccc21.O=C1CSc2c1ccc1ccccc21.O=C1CSc2cc3c(cc21)OCO3.O=C1CSc2cc3c(cc21)oc1ccccc13.O=C1CSc2cc3c(cc21)sc1ccccc13.O=C1CSc2cc3ccccc3cc21.O=C1CSc2ccc3ccccc3c21.